The molecule has 1 aromatic carbocycles. The van der Waals surface area contributed by atoms with E-state index in [9.17, 15) is 14.7 Å². The Labute approximate surface area is 292 Å². The number of hydrogen-bond donors (Lipinski definition) is 1. The summed E-state index contributed by atoms with van der Waals surface area (Å²) in [5.41, 5.74) is 1.75. The molecule has 0 bridgehead atoms. The van der Waals surface area contributed by atoms with Crippen LogP contribution in [-0.2, 0) is 20.8 Å². The van der Waals surface area contributed by atoms with Crippen LogP contribution >= 0.6 is 0 Å². The highest BCUT2D eigenvalue weighted by Crippen LogP contribution is 2.89. The third kappa shape index (κ3) is 4.62. The van der Waals surface area contributed by atoms with Gasteiger partial charge in [0.05, 0.1) is 23.9 Å². The van der Waals surface area contributed by atoms with Gasteiger partial charge in [-0.3, -0.25) is 9.78 Å². The van der Waals surface area contributed by atoms with Gasteiger partial charge in [0.25, 0.3) is 0 Å². The monoisotopic (exact) mass is 668 g/mol. The van der Waals surface area contributed by atoms with Gasteiger partial charge in [0.15, 0.2) is 0 Å². The third-order valence-corrected chi connectivity index (χ3v) is 16.0. The molecular formula is C42H56N2O5. The number of pyridine rings is 1. The van der Waals surface area contributed by atoms with Crippen molar-refractivity contribution in [3.8, 4) is 0 Å². The number of ether oxygens (including phenoxy) is 2. The lowest BCUT2D eigenvalue weighted by Gasteiger charge is -2.63. The largest absolute Gasteiger partial charge is 0.458 e. The molecule has 6 fully saturated rings. The molecule has 1 aliphatic heterocycles. The second kappa shape index (κ2) is 11.4. The number of carbonyl (C=O) groups excluding carboxylic acids is 2. The van der Waals surface area contributed by atoms with Gasteiger partial charge in [-0.05, 0) is 109 Å². The maximum absolute atomic E-state index is 13.1. The lowest BCUT2D eigenvalue weighted by Crippen LogP contribution is -2.60. The Hall–Kier alpha value is -2.77. The number of aromatic nitrogens is 1. The predicted octanol–water partition coefficient (Wildman–Crippen LogP) is 7.47. The average molecular weight is 669 g/mol. The van der Waals surface area contributed by atoms with Crippen LogP contribution in [0.4, 0.5) is 0 Å². The molecule has 1 aromatic heterocycles. The quantitative estimate of drug-likeness (QED) is 0.322. The first-order valence-corrected chi connectivity index (χ1v) is 19.0. The molecular weight excluding hydrogens is 612 g/mol. The van der Waals surface area contributed by atoms with E-state index in [1.807, 2.05) is 23.1 Å². The van der Waals surface area contributed by atoms with E-state index in [0.717, 1.165) is 44.1 Å². The number of esters is 1. The van der Waals surface area contributed by atoms with Crippen LogP contribution in [-0.4, -0.2) is 57.8 Å². The zero-order valence-electron chi connectivity index (χ0n) is 30.4. The Morgan fingerprint density at radius 3 is 2.43 bits per heavy atom. The van der Waals surface area contributed by atoms with E-state index in [-0.39, 0.29) is 57.3 Å². The summed E-state index contributed by atoms with van der Waals surface area (Å²) in [5, 5.41) is 12.6. The minimum absolute atomic E-state index is 0.00965. The van der Waals surface area contributed by atoms with Crippen molar-refractivity contribution in [1.82, 2.24) is 9.88 Å². The zero-order chi connectivity index (χ0) is 34.6. The van der Waals surface area contributed by atoms with Gasteiger partial charge < -0.3 is 19.5 Å². The van der Waals surface area contributed by atoms with Gasteiger partial charge in [0, 0.05) is 43.2 Å². The van der Waals surface area contributed by atoms with E-state index in [0.29, 0.717) is 42.3 Å². The molecule has 2 heterocycles. The molecule has 12 atom stereocenters. The zero-order valence-corrected chi connectivity index (χ0v) is 30.4. The summed E-state index contributed by atoms with van der Waals surface area (Å²) in [6.07, 6.45) is 11.0. The van der Waals surface area contributed by atoms with Crippen molar-refractivity contribution in [3.05, 3.63) is 66.0 Å². The Bertz CT molecular complexity index is 1600. The highest BCUT2D eigenvalue weighted by molar-refractivity contribution is 5.89. The van der Waals surface area contributed by atoms with Crippen molar-refractivity contribution < 1.29 is 24.2 Å². The molecule has 6 aliphatic rings. The van der Waals surface area contributed by atoms with E-state index in [2.05, 4.69) is 51.7 Å². The lowest BCUT2D eigenvalue weighted by molar-refractivity contribution is -0.183. The number of nitrogens with zero attached hydrogens (tertiary/aromatic N) is 2. The highest BCUT2D eigenvalue weighted by Gasteiger charge is 2.84. The van der Waals surface area contributed by atoms with Gasteiger partial charge >= 0.3 is 5.97 Å². The first-order chi connectivity index (χ1) is 23.3. The molecule has 1 amide bonds. The fraction of sp³-hybridized carbons (Fsp3) is 0.690. The summed E-state index contributed by atoms with van der Waals surface area (Å²) in [5.74, 6) is 1.43. The molecule has 1 saturated heterocycles. The molecule has 49 heavy (non-hydrogen) atoms. The summed E-state index contributed by atoms with van der Waals surface area (Å²) in [6, 6.07) is 13.8. The second-order valence-corrected chi connectivity index (χ2v) is 18.2. The van der Waals surface area contributed by atoms with Crippen molar-refractivity contribution in [3.63, 3.8) is 0 Å². The smallest absolute Gasteiger partial charge is 0.339 e. The van der Waals surface area contributed by atoms with Gasteiger partial charge in [-0.1, -0.05) is 65.0 Å². The Morgan fingerprint density at radius 2 is 1.71 bits per heavy atom. The summed E-state index contributed by atoms with van der Waals surface area (Å²) in [4.78, 5) is 32.0. The maximum atomic E-state index is 13.1. The third-order valence-electron chi connectivity index (χ3n) is 16.0. The predicted molar refractivity (Wildman–Crippen MR) is 187 cm³/mol. The molecule has 7 heteroatoms. The normalized spacial score (nSPS) is 44.3. The average Bonchev–Trinajstić information content (AvgIpc) is 3.71. The van der Waals surface area contributed by atoms with Gasteiger partial charge in [-0.25, -0.2) is 4.79 Å². The van der Waals surface area contributed by atoms with Crippen molar-refractivity contribution in [2.24, 2.45) is 50.7 Å². The van der Waals surface area contributed by atoms with Gasteiger partial charge in [-0.15, -0.1) is 0 Å². The van der Waals surface area contributed by atoms with Gasteiger partial charge in [0.1, 0.15) is 6.10 Å². The molecule has 1 N–H and O–H groups in total. The molecule has 0 radical (unpaired) electrons. The number of hydrogen-bond acceptors (Lipinski definition) is 6. The van der Waals surface area contributed by atoms with E-state index in [1.54, 1.807) is 31.5 Å². The molecule has 5 saturated carbocycles. The molecule has 7 nitrogen and oxygen atoms in total. The van der Waals surface area contributed by atoms with Crippen LogP contribution in [0.25, 0.3) is 0 Å². The summed E-state index contributed by atoms with van der Waals surface area (Å²) >= 11 is 0. The first kappa shape index (κ1) is 33.4. The summed E-state index contributed by atoms with van der Waals surface area (Å²) < 4.78 is 13.3. The highest BCUT2D eigenvalue weighted by atomic mass is 16.5. The molecule has 264 valence electrons. The first-order valence-electron chi connectivity index (χ1n) is 19.0. The Morgan fingerprint density at radius 1 is 0.980 bits per heavy atom. The minimum atomic E-state index is -0.534. The van der Waals surface area contributed by atoms with Crippen molar-refractivity contribution in [1.29, 1.82) is 0 Å². The van der Waals surface area contributed by atoms with Crippen molar-refractivity contribution in [2.45, 2.75) is 124 Å². The number of benzene rings is 1. The Kier molecular flexibility index (Phi) is 7.74. The standard InChI is InChI=1S/C42H56N2O5/c1-26-21-30(24-44(27(2)45)23-28-11-8-7-9-12-28)48-35-34(26)39(5)18-19-42-25-41(42)17-16-33(49-37(47)29-13-10-20-43-22-29)38(3,4)31(41)14-15-32(42)40(39,6)36(35)46/h7-13,20,22,26,30-36,46H,14-19,21,23-25H2,1-6H3. The summed E-state index contributed by atoms with van der Waals surface area (Å²) in [7, 11) is 0. The van der Waals surface area contributed by atoms with Crippen LogP contribution in [0.5, 0.6) is 0 Å². The fourth-order valence-electron chi connectivity index (χ4n) is 13.7. The number of aliphatic hydroxyl groups is 1. The topological polar surface area (TPSA) is 89.0 Å². The van der Waals surface area contributed by atoms with E-state index < -0.39 is 6.10 Å². The number of aliphatic hydroxyl groups excluding tert-OH is 1. The fourth-order valence-corrected chi connectivity index (χ4v) is 13.7. The molecule has 2 aromatic rings. The van der Waals surface area contributed by atoms with E-state index >= 15 is 0 Å². The molecule has 12 unspecified atom stereocenters. The SMILES string of the molecule is CC(=O)N(Cc1ccccc1)CC1CC(C)C2C(O1)C(O)C1(C)C3CCC4C(C)(C)C(OC(=O)c5cccnc5)CCC45CC35CCC21C. The van der Waals surface area contributed by atoms with Crippen LogP contribution in [0.2, 0.25) is 0 Å². The van der Waals surface area contributed by atoms with Crippen LogP contribution in [0.15, 0.2) is 54.9 Å². The molecule has 2 spiro atoms. The molecule has 5 aliphatic carbocycles. The molecule has 8 rings (SSSR count). The van der Waals surface area contributed by atoms with Crippen LogP contribution < -0.4 is 0 Å². The number of amides is 1. The van der Waals surface area contributed by atoms with E-state index in [1.165, 1.54) is 12.8 Å². The summed E-state index contributed by atoms with van der Waals surface area (Å²) in [6.45, 7) is 14.8. The number of carbonyl (C=O) groups is 2. The van der Waals surface area contributed by atoms with Crippen LogP contribution in [0.3, 0.4) is 0 Å². The van der Waals surface area contributed by atoms with Crippen molar-refractivity contribution >= 4 is 11.9 Å². The van der Waals surface area contributed by atoms with Gasteiger partial charge in [-0.2, -0.15) is 0 Å². The maximum Gasteiger partial charge on any atom is 0.339 e. The van der Waals surface area contributed by atoms with Gasteiger partial charge in [0.2, 0.25) is 5.91 Å². The van der Waals surface area contributed by atoms with E-state index in [4.69, 9.17) is 9.47 Å². The minimum Gasteiger partial charge on any atom is -0.458 e. The number of fused-ring (bicyclic) bond motifs is 4. The van der Waals surface area contributed by atoms with Crippen LogP contribution in [0.1, 0.15) is 109 Å². The van der Waals surface area contributed by atoms with Crippen LogP contribution in [0, 0.1) is 50.7 Å². The Balaban J connectivity index is 1.02. The van der Waals surface area contributed by atoms with Crippen molar-refractivity contribution in [2.75, 3.05) is 6.54 Å². The number of rotatable bonds is 6. The second-order valence-electron chi connectivity index (χ2n) is 18.2. The lowest BCUT2D eigenvalue weighted by atomic mass is 9.41.